The van der Waals surface area contributed by atoms with Crippen LogP contribution in [0.25, 0.3) is 0 Å². The smallest absolute Gasteiger partial charge is 0.0901 e. The zero-order chi connectivity index (χ0) is 14.2. The number of hydrogen-bond donors (Lipinski definition) is 0. The van der Waals surface area contributed by atoms with Gasteiger partial charge in [-0.05, 0) is 27.7 Å². The minimum absolute atomic E-state index is 0.651. The lowest BCUT2D eigenvalue weighted by atomic mass is 10.4. The third kappa shape index (κ3) is 6.30. The summed E-state index contributed by atoms with van der Waals surface area (Å²) in [5.41, 5.74) is 0. The van der Waals surface area contributed by atoms with Crippen molar-refractivity contribution in [2.75, 3.05) is 64.9 Å². The Labute approximate surface area is 117 Å². The maximum absolute atomic E-state index is 12.1. The Morgan fingerprint density at radius 1 is 0.722 bits per heavy atom. The second-order valence-corrected chi connectivity index (χ2v) is 7.50. The summed E-state index contributed by atoms with van der Waals surface area (Å²) in [6.07, 6.45) is 0. The number of quaternary nitrogens is 2. The summed E-state index contributed by atoms with van der Waals surface area (Å²) >= 11 is 0. The Morgan fingerprint density at radius 2 is 1.00 bits per heavy atom. The standard InChI is InChI=1S/C14H34N2OS/c1-7-15(5,8-2)11-13-18(17)14-12-16(6,9-3)10-4/h7-14H2,1-6H3/q+2. The zero-order valence-corrected chi connectivity index (χ0v) is 14.2. The zero-order valence-electron chi connectivity index (χ0n) is 13.4. The van der Waals surface area contributed by atoms with E-state index in [0.29, 0.717) is 0 Å². The molecule has 4 heteroatoms. The van der Waals surface area contributed by atoms with Gasteiger partial charge in [0.1, 0.15) is 0 Å². The van der Waals surface area contributed by atoms with Crippen LogP contribution in [-0.2, 0) is 10.8 Å². The van der Waals surface area contributed by atoms with E-state index >= 15 is 0 Å². The highest BCUT2D eigenvalue weighted by atomic mass is 32.2. The van der Waals surface area contributed by atoms with Crippen LogP contribution in [0, 0.1) is 0 Å². The van der Waals surface area contributed by atoms with Gasteiger partial charge in [0, 0.05) is 10.8 Å². The molecule has 0 aromatic rings. The first-order valence-corrected chi connectivity index (χ1v) is 8.85. The fourth-order valence-electron chi connectivity index (χ4n) is 1.83. The van der Waals surface area contributed by atoms with E-state index in [4.69, 9.17) is 0 Å². The van der Waals surface area contributed by atoms with E-state index in [9.17, 15) is 4.21 Å². The first kappa shape index (κ1) is 18.1. The molecule has 0 heterocycles. The second kappa shape index (κ2) is 8.28. The molecule has 0 aliphatic rings. The van der Waals surface area contributed by atoms with Crippen molar-refractivity contribution < 1.29 is 13.2 Å². The highest BCUT2D eigenvalue weighted by Gasteiger charge is 2.20. The lowest BCUT2D eigenvalue weighted by Gasteiger charge is -2.33. The van der Waals surface area contributed by atoms with Crippen molar-refractivity contribution in [3.05, 3.63) is 0 Å². The van der Waals surface area contributed by atoms with Crippen LogP contribution in [-0.4, -0.2) is 78.0 Å². The monoisotopic (exact) mass is 278 g/mol. The Kier molecular flexibility index (Phi) is 8.31. The van der Waals surface area contributed by atoms with E-state index in [1.807, 2.05) is 0 Å². The third-order valence-electron chi connectivity index (χ3n) is 4.77. The lowest BCUT2D eigenvalue weighted by Crippen LogP contribution is -2.48. The van der Waals surface area contributed by atoms with E-state index in [-0.39, 0.29) is 0 Å². The Bertz CT molecular complexity index is 224. The molecule has 0 atom stereocenters. The topological polar surface area (TPSA) is 17.1 Å². The van der Waals surface area contributed by atoms with Gasteiger partial charge < -0.3 is 8.97 Å². The van der Waals surface area contributed by atoms with Gasteiger partial charge in [0.25, 0.3) is 0 Å². The van der Waals surface area contributed by atoms with Crippen LogP contribution >= 0.6 is 0 Å². The molecule has 0 saturated carbocycles. The van der Waals surface area contributed by atoms with Crippen molar-refractivity contribution in [2.45, 2.75) is 27.7 Å². The van der Waals surface area contributed by atoms with Crippen LogP contribution in [0.4, 0.5) is 0 Å². The van der Waals surface area contributed by atoms with E-state index in [1.54, 1.807) is 0 Å². The molecule has 0 amide bonds. The average molecular weight is 279 g/mol. The summed E-state index contributed by atoms with van der Waals surface area (Å²) in [4.78, 5) is 0. The SMILES string of the molecule is CC[N+](C)(CC)CCS(=O)CC[N+](C)(CC)CC. The molecule has 0 saturated heterocycles. The van der Waals surface area contributed by atoms with Crippen LogP contribution in [0.3, 0.4) is 0 Å². The Morgan fingerprint density at radius 3 is 1.22 bits per heavy atom. The molecule has 0 aliphatic heterocycles. The number of nitrogens with zero attached hydrogens (tertiary/aromatic N) is 2. The largest absolute Gasteiger partial charge is 0.326 e. The van der Waals surface area contributed by atoms with Gasteiger partial charge in [-0.1, -0.05) is 0 Å². The van der Waals surface area contributed by atoms with Crippen molar-refractivity contribution in [1.29, 1.82) is 0 Å². The molecule has 0 aliphatic carbocycles. The van der Waals surface area contributed by atoms with Crippen molar-refractivity contribution in [1.82, 2.24) is 0 Å². The third-order valence-corrected chi connectivity index (χ3v) is 6.05. The van der Waals surface area contributed by atoms with Gasteiger partial charge in [-0.25, -0.2) is 0 Å². The fourth-order valence-corrected chi connectivity index (χ4v) is 3.32. The molecular weight excluding hydrogens is 244 g/mol. The van der Waals surface area contributed by atoms with E-state index in [0.717, 1.165) is 59.7 Å². The maximum atomic E-state index is 12.1. The highest BCUT2D eigenvalue weighted by molar-refractivity contribution is 7.85. The maximum Gasteiger partial charge on any atom is 0.0901 e. The van der Waals surface area contributed by atoms with Gasteiger partial charge >= 0.3 is 0 Å². The molecule has 18 heavy (non-hydrogen) atoms. The molecule has 3 nitrogen and oxygen atoms in total. The first-order valence-electron chi connectivity index (χ1n) is 7.36. The lowest BCUT2D eigenvalue weighted by molar-refractivity contribution is -0.904. The van der Waals surface area contributed by atoms with E-state index < -0.39 is 10.8 Å². The Balaban J connectivity index is 4.06. The van der Waals surface area contributed by atoms with Crippen molar-refractivity contribution in [2.24, 2.45) is 0 Å². The van der Waals surface area contributed by atoms with Crippen molar-refractivity contribution in [3.8, 4) is 0 Å². The molecule has 0 radical (unpaired) electrons. The predicted molar refractivity (Wildman–Crippen MR) is 82.1 cm³/mol. The van der Waals surface area contributed by atoms with Gasteiger partial charge in [-0.2, -0.15) is 0 Å². The van der Waals surface area contributed by atoms with Gasteiger partial charge in [0.2, 0.25) is 0 Å². The number of hydrogen-bond acceptors (Lipinski definition) is 1. The molecule has 110 valence electrons. The van der Waals surface area contributed by atoms with E-state index in [2.05, 4.69) is 41.8 Å². The van der Waals surface area contributed by atoms with Crippen LogP contribution in [0.2, 0.25) is 0 Å². The molecule has 0 N–H and O–H groups in total. The summed E-state index contributed by atoms with van der Waals surface area (Å²) in [5.74, 6) is 1.71. The molecular formula is C14H34N2OS+2. The molecule has 0 rings (SSSR count). The molecule has 0 spiro atoms. The summed E-state index contributed by atoms with van der Waals surface area (Å²) in [6, 6.07) is 0. The summed E-state index contributed by atoms with van der Waals surface area (Å²) < 4.78 is 14.2. The minimum atomic E-state index is -0.651. The molecule has 0 aromatic heterocycles. The molecule has 0 unspecified atom stereocenters. The summed E-state index contributed by atoms with van der Waals surface area (Å²) in [5, 5.41) is 0. The normalized spacial score (nSPS) is 13.3. The van der Waals surface area contributed by atoms with Crippen LogP contribution in [0.5, 0.6) is 0 Å². The average Bonchev–Trinajstić information content (AvgIpc) is 2.42. The molecule has 0 aromatic carbocycles. The van der Waals surface area contributed by atoms with Gasteiger partial charge in [-0.3, -0.25) is 4.21 Å². The Hall–Kier alpha value is 0.0700. The summed E-state index contributed by atoms with van der Waals surface area (Å²) in [7, 11) is 3.87. The van der Waals surface area contributed by atoms with Gasteiger partial charge in [-0.15, -0.1) is 0 Å². The van der Waals surface area contributed by atoms with E-state index in [1.165, 1.54) is 0 Å². The van der Waals surface area contributed by atoms with Gasteiger partial charge in [0.15, 0.2) is 0 Å². The minimum Gasteiger partial charge on any atom is -0.326 e. The second-order valence-electron chi connectivity index (χ2n) is 5.80. The predicted octanol–water partition coefficient (Wildman–Crippen LogP) is 1.71. The summed E-state index contributed by atoms with van der Waals surface area (Å²) in [6.45, 7) is 15.5. The van der Waals surface area contributed by atoms with Gasteiger partial charge in [0.05, 0.1) is 64.9 Å². The van der Waals surface area contributed by atoms with Crippen molar-refractivity contribution >= 4 is 10.8 Å². The molecule has 0 fully saturated rings. The highest BCUT2D eigenvalue weighted by Crippen LogP contribution is 2.04. The van der Waals surface area contributed by atoms with Crippen LogP contribution in [0.1, 0.15) is 27.7 Å². The fraction of sp³-hybridized carbons (Fsp3) is 1.00. The molecule has 0 bridgehead atoms. The van der Waals surface area contributed by atoms with Crippen LogP contribution < -0.4 is 0 Å². The number of rotatable bonds is 10. The first-order chi connectivity index (χ1) is 8.34. The van der Waals surface area contributed by atoms with Crippen LogP contribution in [0.15, 0.2) is 0 Å². The van der Waals surface area contributed by atoms with Crippen molar-refractivity contribution in [3.63, 3.8) is 0 Å². The quantitative estimate of drug-likeness (QED) is 0.556.